The molecule has 0 fully saturated rings. The first kappa shape index (κ1) is 19.3. The van der Waals surface area contributed by atoms with Crippen molar-refractivity contribution in [3.63, 3.8) is 0 Å². The number of thiazole rings is 1. The van der Waals surface area contributed by atoms with Crippen LogP contribution in [0.3, 0.4) is 0 Å². The van der Waals surface area contributed by atoms with Gasteiger partial charge in [-0.05, 0) is 19.4 Å². The number of anilines is 1. The van der Waals surface area contributed by atoms with Crippen LogP contribution in [0.15, 0.2) is 53.5 Å². The largest absolute Gasteiger partial charge is 0.302 e. The lowest BCUT2D eigenvalue weighted by Gasteiger charge is -2.12. The topological polar surface area (TPSA) is 72.7 Å². The molecule has 0 saturated carbocycles. The number of carbonyl (C=O) groups is 1. The third kappa shape index (κ3) is 5.05. The molecule has 0 aliphatic carbocycles. The number of hydrogen-bond acceptors (Lipinski definition) is 6. The van der Waals surface area contributed by atoms with Crippen molar-refractivity contribution in [1.29, 1.82) is 0 Å². The molecule has 2 heterocycles. The van der Waals surface area contributed by atoms with Crippen LogP contribution >= 0.6 is 23.1 Å². The summed E-state index contributed by atoms with van der Waals surface area (Å²) in [7, 11) is 0. The smallest absolute Gasteiger partial charge is 0.239 e. The monoisotopic (exact) mass is 399 g/mol. The van der Waals surface area contributed by atoms with Gasteiger partial charge in [0.25, 0.3) is 0 Å². The first-order valence-corrected chi connectivity index (χ1v) is 10.3. The van der Waals surface area contributed by atoms with Crippen molar-refractivity contribution in [2.75, 3.05) is 5.32 Å². The van der Waals surface area contributed by atoms with Crippen molar-refractivity contribution in [1.82, 2.24) is 19.7 Å². The van der Waals surface area contributed by atoms with E-state index in [2.05, 4.69) is 39.2 Å². The minimum atomic E-state index is -0.327. The number of aromatic nitrogens is 4. The second kappa shape index (κ2) is 8.96. The van der Waals surface area contributed by atoms with Gasteiger partial charge in [0, 0.05) is 18.3 Å². The van der Waals surface area contributed by atoms with Crippen LogP contribution in [0.2, 0.25) is 0 Å². The van der Waals surface area contributed by atoms with Gasteiger partial charge in [-0.25, -0.2) is 4.98 Å². The summed E-state index contributed by atoms with van der Waals surface area (Å²) in [5.41, 5.74) is 2.06. The molecule has 140 valence electrons. The number of thioether (sulfide) groups is 1. The zero-order valence-corrected chi connectivity index (χ0v) is 16.9. The van der Waals surface area contributed by atoms with E-state index in [1.54, 1.807) is 0 Å². The molecule has 1 aromatic carbocycles. The summed E-state index contributed by atoms with van der Waals surface area (Å²) in [5, 5.41) is 14.4. The molecule has 0 spiro atoms. The molecule has 2 aromatic heterocycles. The minimum Gasteiger partial charge on any atom is -0.302 e. The predicted molar refractivity (Wildman–Crippen MR) is 110 cm³/mol. The first-order valence-electron chi connectivity index (χ1n) is 8.53. The van der Waals surface area contributed by atoms with E-state index in [0.29, 0.717) is 23.3 Å². The predicted octanol–water partition coefficient (Wildman–Crippen LogP) is 3.94. The summed E-state index contributed by atoms with van der Waals surface area (Å²) in [4.78, 5) is 16.7. The average Bonchev–Trinajstić information content (AvgIpc) is 3.23. The molecule has 1 amide bonds. The highest BCUT2D eigenvalue weighted by Gasteiger charge is 2.20. The van der Waals surface area contributed by atoms with Gasteiger partial charge in [0.2, 0.25) is 5.91 Å². The zero-order chi connectivity index (χ0) is 19.2. The van der Waals surface area contributed by atoms with E-state index in [4.69, 9.17) is 0 Å². The summed E-state index contributed by atoms with van der Waals surface area (Å²) in [5.74, 6) is 0.749. The van der Waals surface area contributed by atoms with Gasteiger partial charge in [-0.2, -0.15) is 0 Å². The van der Waals surface area contributed by atoms with Crippen LogP contribution in [-0.2, 0) is 17.8 Å². The molecule has 6 nitrogen and oxygen atoms in total. The fourth-order valence-electron chi connectivity index (χ4n) is 2.46. The van der Waals surface area contributed by atoms with Crippen LogP contribution in [0.1, 0.15) is 24.0 Å². The second-order valence-electron chi connectivity index (χ2n) is 6.00. The third-order valence-corrected chi connectivity index (χ3v) is 5.77. The highest BCUT2D eigenvalue weighted by atomic mass is 32.2. The van der Waals surface area contributed by atoms with Gasteiger partial charge in [0.05, 0.1) is 10.9 Å². The Morgan fingerprint density at radius 3 is 2.81 bits per heavy atom. The SMILES string of the molecule is C=CCn1c(Cc2ccccc2)nnc1S[C@H](C)C(=O)Nc1nc(C)cs1. The molecule has 1 N–H and O–H groups in total. The second-order valence-corrected chi connectivity index (χ2v) is 8.17. The van der Waals surface area contributed by atoms with Crippen molar-refractivity contribution in [2.45, 2.75) is 37.2 Å². The van der Waals surface area contributed by atoms with Crippen molar-refractivity contribution >= 4 is 34.1 Å². The molecule has 27 heavy (non-hydrogen) atoms. The lowest BCUT2D eigenvalue weighted by molar-refractivity contribution is -0.115. The van der Waals surface area contributed by atoms with E-state index in [1.165, 1.54) is 23.1 Å². The quantitative estimate of drug-likeness (QED) is 0.459. The van der Waals surface area contributed by atoms with Crippen molar-refractivity contribution < 1.29 is 4.79 Å². The lowest BCUT2D eigenvalue weighted by atomic mass is 10.1. The van der Waals surface area contributed by atoms with Crippen LogP contribution in [0.4, 0.5) is 5.13 Å². The van der Waals surface area contributed by atoms with Crippen LogP contribution in [0, 0.1) is 6.92 Å². The number of nitrogens with zero attached hydrogens (tertiary/aromatic N) is 4. The summed E-state index contributed by atoms with van der Waals surface area (Å²) < 4.78 is 2.00. The molecule has 0 aliphatic rings. The van der Waals surface area contributed by atoms with Gasteiger partial charge in [-0.3, -0.25) is 4.79 Å². The number of allylic oxidation sites excluding steroid dienone is 1. The zero-order valence-electron chi connectivity index (χ0n) is 15.3. The number of aryl methyl sites for hydroxylation is 1. The van der Waals surface area contributed by atoms with Crippen LogP contribution in [0.25, 0.3) is 0 Å². The Kier molecular flexibility index (Phi) is 6.41. The standard InChI is InChI=1S/C19H21N5OS2/c1-4-10-24-16(11-15-8-6-5-7-9-15)22-23-19(24)27-14(3)17(25)21-18-20-13(2)12-26-18/h4-9,12,14H,1,10-11H2,2-3H3,(H,20,21,25)/t14-/m1/s1. The van der Waals surface area contributed by atoms with E-state index in [1.807, 2.05) is 48.1 Å². The fourth-order valence-corrected chi connectivity index (χ4v) is 4.03. The average molecular weight is 400 g/mol. The molecule has 1 atom stereocenters. The summed E-state index contributed by atoms with van der Waals surface area (Å²) in [6.45, 7) is 8.17. The van der Waals surface area contributed by atoms with E-state index in [9.17, 15) is 4.79 Å². The Morgan fingerprint density at radius 2 is 2.15 bits per heavy atom. The van der Waals surface area contributed by atoms with Crippen molar-refractivity contribution in [2.24, 2.45) is 0 Å². The summed E-state index contributed by atoms with van der Waals surface area (Å²) in [6, 6.07) is 10.1. The highest BCUT2D eigenvalue weighted by Crippen LogP contribution is 2.25. The Balaban J connectivity index is 1.71. The lowest BCUT2D eigenvalue weighted by Crippen LogP contribution is -2.23. The molecule has 0 aliphatic heterocycles. The van der Waals surface area contributed by atoms with Gasteiger partial charge in [0.1, 0.15) is 5.82 Å². The summed E-state index contributed by atoms with van der Waals surface area (Å²) >= 11 is 2.80. The van der Waals surface area contributed by atoms with Crippen molar-refractivity contribution in [3.05, 3.63) is 65.4 Å². The Hall–Kier alpha value is -2.45. The number of benzene rings is 1. The maximum atomic E-state index is 12.5. The van der Waals surface area contributed by atoms with Gasteiger partial charge in [-0.1, -0.05) is 48.2 Å². The Labute approximate surface area is 166 Å². The van der Waals surface area contributed by atoms with Crippen LogP contribution in [-0.4, -0.2) is 30.9 Å². The number of nitrogens with one attached hydrogen (secondary N) is 1. The highest BCUT2D eigenvalue weighted by molar-refractivity contribution is 8.00. The first-order chi connectivity index (χ1) is 13.1. The van der Waals surface area contributed by atoms with E-state index < -0.39 is 0 Å². The number of hydrogen-bond donors (Lipinski definition) is 1. The van der Waals surface area contributed by atoms with Gasteiger partial charge in [-0.15, -0.1) is 28.1 Å². The Morgan fingerprint density at radius 1 is 1.37 bits per heavy atom. The molecule has 3 aromatic rings. The normalized spacial score (nSPS) is 11.9. The fraction of sp³-hybridized carbons (Fsp3) is 0.263. The molecule has 0 saturated heterocycles. The van der Waals surface area contributed by atoms with Crippen molar-refractivity contribution in [3.8, 4) is 0 Å². The number of amides is 1. The van der Waals surface area contributed by atoms with Gasteiger partial charge < -0.3 is 9.88 Å². The van der Waals surface area contributed by atoms with Gasteiger partial charge >= 0.3 is 0 Å². The number of rotatable bonds is 8. The molecule has 3 rings (SSSR count). The van der Waals surface area contributed by atoms with Crippen LogP contribution < -0.4 is 5.32 Å². The molecule has 0 bridgehead atoms. The summed E-state index contributed by atoms with van der Waals surface area (Å²) in [6.07, 6.45) is 2.49. The van der Waals surface area contributed by atoms with Crippen LogP contribution in [0.5, 0.6) is 0 Å². The van der Waals surface area contributed by atoms with E-state index in [0.717, 1.165) is 17.1 Å². The molecular weight excluding hydrogens is 378 g/mol. The van der Waals surface area contributed by atoms with E-state index in [-0.39, 0.29) is 11.2 Å². The van der Waals surface area contributed by atoms with E-state index >= 15 is 0 Å². The maximum Gasteiger partial charge on any atom is 0.239 e. The van der Waals surface area contributed by atoms with Gasteiger partial charge in [0.15, 0.2) is 10.3 Å². The molecular formula is C19H21N5OS2. The molecule has 0 radical (unpaired) electrons. The number of carbonyl (C=O) groups excluding carboxylic acids is 1. The molecule has 8 heteroatoms. The third-order valence-electron chi connectivity index (χ3n) is 3.81. The maximum absolute atomic E-state index is 12.5. The molecule has 0 unspecified atom stereocenters. The Bertz CT molecular complexity index is 919. The minimum absolute atomic E-state index is 0.105.